The Hall–Kier alpha value is -3.90. The molecule has 0 amide bonds. The van der Waals surface area contributed by atoms with Crippen molar-refractivity contribution in [1.29, 1.82) is 0 Å². The molecule has 0 aliphatic rings. The maximum absolute atomic E-state index is 13.0. The number of ketones is 1. The highest BCUT2D eigenvalue weighted by Crippen LogP contribution is 2.33. The Bertz CT molecular complexity index is 1350. The highest BCUT2D eigenvalue weighted by Gasteiger charge is 2.18. The Labute approximate surface area is 195 Å². The van der Waals surface area contributed by atoms with E-state index in [1.807, 2.05) is 24.3 Å². The Morgan fingerprint density at radius 1 is 0.879 bits per heavy atom. The number of pyridine rings is 1. The molecule has 3 aromatic carbocycles. The van der Waals surface area contributed by atoms with E-state index in [9.17, 15) is 9.59 Å². The summed E-state index contributed by atoms with van der Waals surface area (Å²) in [5.74, 6) is 0.164. The molecule has 33 heavy (non-hydrogen) atoms. The van der Waals surface area contributed by atoms with Crippen LogP contribution in [0.3, 0.4) is 0 Å². The Kier molecular flexibility index (Phi) is 6.56. The van der Waals surface area contributed by atoms with Gasteiger partial charge in [-0.15, -0.1) is 0 Å². The third-order valence-corrected chi connectivity index (χ3v) is 5.33. The van der Waals surface area contributed by atoms with Gasteiger partial charge in [0.15, 0.2) is 23.9 Å². The number of nitrogens with zero attached hydrogens (tertiary/aromatic N) is 1. The molecule has 0 aliphatic carbocycles. The number of methoxy groups -OCH3 is 2. The van der Waals surface area contributed by atoms with Gasteiger partial charge in [-0.3, -0.25) is 4.79 Å². The van der Waals surface area contributed by atoms with E-state index in [0.717, 1.165) is 5.56 Å². The molecule has 0 bridgehead atoms. The third-order valence-electron chi connectivity index (χ3n) is 5.10. The van der Waals surface area contributed by atoms with Crippen molar-refractivity contribution in [3.8, 4) is 22.8 Å². The van der Waals surface area contributed by atoms with Crippen LogP contribution in [0.5, 0.6) is 11.5 Å². The van der Waals surface area contributed by atoms with E-state index < -0.39 is 12.6 Å². The van der Waals surface area contributed by atoms with E-state index in [-0.39, 0.29) is 5.78 Å². The molecule has 0 N–H and O–H groups in total. The van der Waals surface area contributed by atoms with Crippen molar-refractivity contribution in [1.82, 2.24) is 4.98 Å². The number of aromatic nitrogens is 1. The molecule has 1 heterocycles. The molecule has 0 saturated heterocycles. The molecular formula is C26H20ClNO5. The van der Waals surface area contributed by atoms with Gasteiger partial charge in [-0.25, -0.2) is 9.78 Å². The fourth-order valence-electron chi connectivity index (χ4n) is 3.44. The number of benzene rings is 3. The molecule has 0 saturated carbocycles. The molecule has 6 nitrogen and oxygen atoms in total. The summed E-state index contributed by atoms with van der Waals surface area (Å²) in [5.41, 5.74) is 2.60. The average molecular weight is 462 g/mol. The topological polar surface area (TPSA) is 74.7 Å². The molecule has 0 aliphatic heterocycles. The van der Waals surface area contributed by atoms with Crippen molar-refractivity contribution in [2.75, 3.05) is 20.8 Å². The monoisotopic (exact) mass is 461 g/mol. The SMILES string of the molecule is COc1ccc(-c2cc(C(=O)OCC(=O)c3cccc(Cl)c3)c3ccccc3n2)cc1OC. The first-order chi connectivity index (χ1) is 16.0. The molecular weight excluding hydrogens is 442 g/mol. The number of carbonyl (C=O) groups is 2. The van der Waals surface area contributed by atoms with Crippen LogP contribution in [0.2, 0.25) is 5.02 Å². The second kappa shape index (κ2) is 9.71. The van der Waals surface area contributed by atoms with Gasteiger partial charge in [-0.2, -0.15) is 0 Å². The van der Waals surface area contributed by atoms with Gasteiger partial charge in [0, 0.05) is 21.5 Å². The predicted octanol–water partition coefficient (Wildman–Crippen LogP) is 5.61. The van der Waals surface area contributed by atoms with Gasteiger partial charge in [0.05, 0.1) is 31.0 Å². The Balaban J connectivity index is 1.67. The van der Waals surface area contributed by atoms with Gasteiger partial charge in [0.25, 0.3) is 0 Å². The maximum atomic E-state index is 13.0. The lowest BCUT2D eigenvalue weighted by Crippen LogP contribution is -2.15. The Morgan fingerprint density at radius 2 is 1.67 bits per heavy atom. The molecule has 0 spiro atoms. The van der Waals surface area contributed by atoms with Gasteiger partial charge in [0.1, 0.15) is 0 Å². The minimum Gasteiger partial charge on any atom is -0.493 e. The first kappa shape index (κ1) is 22.3. The summed E-state index contributed by atoms with van der Waals surface area (Å²) in [6.07, 6.45) is 0. The van der Waals surface area contributed by atoms with Crippen molar-refractivity contribution in [3.05, 3.63) is 88.9 Å². The number of carbonyl (C=O) groups excluding carboxylic acids is 2. The third kappa shape index (κ3) is 4.81. The number of esters is 1. The van der Waals surface area contributed by atoms with Crippen LogP contribution in [-0.2, 0) is 4.74 Å². The lowest BCUT2D eigenvalue weighted by Gasteiger charge is -2.12. The summed E-state index contributed by atoms with van der Waals surface area (Å²) in [7, 11) is 3.11. The number of para-hydroxylation sites is 1. The lowest BCUT2D eigenvalue weighted by molar-refractivity contribution is 0.0476. The van der Waals surface area contributed by atoms with Gasteiger partial charge < -0.3 is 14.2 Å². The molecule has 4 aromatic rings. The highest BCUT2D eigenvalue weighted by atomic mass is 35.5. The largest absolute Gasteiger partial charge is 0.493 e. The van der Waals surface area contributed by atoms with Crippen LogP contribution in [0, 0.1) is 0 Å². The summed E-state index contributed by atoms with van der Waals surface area (Å²) < 4.78 is 16.0. The minimum absolute atomic E-state index is 0.310. The average Bonchev–Trinajstić information content (AvgIpc) is 2.85. The number of halogens is 1. The summed E-state index contributed by atoms with van der Waals surface area (Å²) in [4.78, 5) is 30.1. The molecule has 4 rings (SSSR count). The van der Waals surface area contributed by atoms with E-state index in [2.05, 4.69) is 4.98 Å². The van der Waals surface area contributed by atoms with Crippen molar-refractivity contribution in [3.63, 3.8) is 0 Å². The van der Waals surface area contributed by atoms with Crippen LogP contribution in [0.15, 0.2) is 72.8 Å². The van der Waals surface area contributed by atoms with Gasteiger partial charge in [-0.1, -0.05) is 41.9 Å². The summed E-state index contributed by atoms with van der Waals surface area (Å²) in [5, 5.41) is 1.06. The van der Waals surface area contributed by atoms with E-state index in [0.29, 0.717) is 44.2 Å². The number of hydrogen-bond donors (Lipinski definition) is 0. The van der Waals surface area contributed by atoms with E-state index >= 15 is 0 Å². The molecule has 0 fully saturated rings. The molecule has 166 valence electrons. The second-order valence-corrected chi connectivity index (χ2v) is 7.59. The summed E-state index contributed by atoms with van der Waals surface area (Å²) in [6, 6.07) is 20.8. The molecule has 1 aromatic heterocycles. The highest BCUT2D eigenvalue weighted by molar-refractivity contribution is 6.31. The number of fused-ring (bicyclic) bond motifs is 1. The first-order valence-electron chi connectivity index (χ1n) is 10.1. The molecule has 0 atom stereocenters. The van der Waals surface area contributed by atoms with Crippen LogP contribution in [0.25, 0.3) is 22.2 Å². The number of rotatable bonds is 7. The van der Waals surface area contributed by atoms with Crippen LogP contribution in [-0.4, -0.2) is 37.6 Å². The number of Topliss-reactive ketones (excluding diaryl/α,β-unsaturated/α-hetero) is 1. The zero-order valence-corrected chi connectivity index (χ0v) is 18.8. The van der Waals surface area contributed by atoms with Gasteiger partial charge in [-0.05, 0) is 42.5 Å². The second-order valence-electron chi connectivity index (χ2n) is 7.15. The molecule has 0 radical (unpaired) electrons. The van der Waals surface area contributed by atoms with Crippen LogP contribution < -0.4 is 9.47 Å². The number of hydrogen-bond acceptors (Lipinski definition) is 6. The normalized spacial score (nSPS) is 10.6. The predicted molar refractivity (Wildman–Crippen MR) is 126 cm³/mol. The Morgan fingerprint density at radius 3 is 2.42 bits per heavy atom. The van der Waals surface area contributed by atoms with E-state index in [4.69, 9.17) is 25.8 Å². The quantitative estimate of drug-likeness (QED) is 0.263. The van der Waals surface area contributed by atoms with Crippen LogP contribution >= 0.6 is 11.6 Å². The fourth-order valence-corrected chi connectivity index (χ4v) is 3.63. The smallest absolute Gasteiger partial charge is 0.339 e. The van der Waals surface area contributed by atoms with E-state index in [1.165, 1.54) is 6.07 Å². The lowest BCUT2D eigenvalue weighted by atomic mass is 10.0. The maximum Gasteiger partial charge on any atom is 0.339 e. The standard InChI is InChI=1S/C26H20ClNO5/c1-31-24-11-10-16(13-25(24)32-2)22-14-20(19-8-3-4-9-21(19)28-22)26(30)33-15-23(29)17-6-5-7-18(27)12-17/h3-14H,15H2,1-2H3. The first-order valence-corrected chi connectivity index (χ1v) is 10.5. The minimum atomic E-state index is -0.620. The summed E-state index contributed by atoms with van der Waals surface area (Å²) >= 11 is 5.95. The van der Waals surface area contributed by atoms with Crippen LogP contribution in [0.1, 0.15) is 20.7 Å². The molecule has 0 unspecified atom stereocenters. The van der Waals surface area contributed by atoms with Crippen molar-refractivity contribution >= 4 is 34.3 Å². The number of ether oxygens (including phenoxy) is 3. The fraction of sp³-hybridized carbons (Fsp3) is 0.115. The van der Waals surface area contributed by atoms with Gasteiger partial charge in [0.2, 0.25) is 0 Å². The van der Waals surface area contributed by atoms with Crippen molar-refractivity contribution in [2.24, 2.45) is 0 Å². The zero-order chi connectivity index (χ0) is 23.4. The summed E-state index contributed by atoms with van der Waals surface area (Å²) in [6.45, 7) is -0.401. The van der Waals surface area contributed by atoms with Gasteiger partial charge >= 0.3 is 5.97 Å². The van der Waals surface area contributed by atoms with Crippen molar-refractivity contribution < 1.29 is 23.8 Å². The van der Waals surface area contributed by atoms with Crippen LogP contribution in [0.4, 0.5) is 0 Å². The molecule has 7 heteroatoms. The zero-order valence-electron chi connectivity index (χ0n) is 18.0. The van der Waals surface area contributed by atoms with Crippen molar-refractivity contribution in [2.45, 2.75) is 0 Å². The van der Waals surface area contributed by atoms with E-state index in [1.54, 1.807) is 56.7 Å².